The van der Waals surface area contributed by atoms with Gasteiger partial charge < -0.3 is 24.3 Å². The van der Waals surface area contributed by atoms with Gasteiger partial charge in [0, 0.05) is 24.6 Å². The van der Waals surface area contributed by atoms with Crippen molar-refractivity contribution >= 4 is 17.6 Å². The van der Waals surface area contributed by atoms with Gasteiger partial charge in [-0.2, -0.15) is 0 Å². The van der Waals surface area contributed by atoms with Gasteiger partial charge in [-0.3, -0.25) is 4.79 Å². The predicted octanol–water partition coefficient (Wildman–Crippen LogP) is 3.91. The first-order valence-corrected chi connectivity index (χ1v) is 10.1. The van der Waals surface area contributed by atoms with Crippen molar-refractivity contribution in [1.82, 2.24) is 0 Å². The van der Waals surface area contributed by atoms with Gasteiger partial charge in [0.05, 0.1) is 0 Å². The fraction of sp³-hybridized carbons (Fsp3) is 0.391. The van der Waals surface area contributed by atoms with Crippen molar-refractivity contribution in [3.05, 3.63) is 47.5 Å². The van der Waals surface area contributed by atoms with E-state index in [9.17, 15) is 9.59 Å². The zero-order chi connectivity index (χ0) is 21.1. The average molecular weight is 411 g/mol. The van der Waals surface area contributed by atoms with Gasteiger partial charge >= 0.3 is 5.97 Å². The SMILES string of the molecule is Cc1ccc(C)c(OCC(=O)OCC(=O)Nc2ccc3c(c2)OC2(CCCC2)O3)c1. The van der Waals surface area contributed by atoms with E-state index in [1.54, 1.807) is 18.2 Å². The number of nitrogens with one attached hydrogen (secondary N) is 1. The van der Waals surface area contributed by atoms with Crippen LogP contribution in [0, 0.1) is 13.8 Å². The lowest BCUT2D eigenvalue weighted by molar-refractivity contribution is -0.149. The quantitative estimate of drug-likeness (QED) is 0.726. The number of carbonyl (C=O) groups excluding carboxylic acids is 2. The normalized spacial score (nSPS) is 15.8. The summed E-state index contributed by atoms with van der Waals surface area (Å²) in [4.78, 5) is 24.0. The highest BCUT2D eigenvalue weighted by Gasteiger charge is 2.44. The first-order valence-electron chi connectivity index (χ1n) is 10.1. The van der Waals surface area contributed by atoms with Crippen molar-refractivity contribution in [2.24, 2.45) is 0 Å². The van der Waals surface area contributed by atoms with Gasteiger partial charge in [-0.15, -0.1) is 0 Å². The van der Waals surface area contributed by atoms with E-state index in [-0.39, 0.29) is 6.61 Å². The van der Waals surface area contributed by atoms with Gasteiger partial charge in [-0.25, -0.2) is 4.79 Å². The smallest absolute Gasteiger partial charge is 0.344 e. The molecule has 1 aliphatic carbocycles. The number of esters is 1. The van der Waals surface area contributed by atoms with E-state index in [1.807, 2.05) is 32.0 Å². The molecule has 0 atom stereocenters. The summed E-state index contributed by atoms with van der Waals surface area (Å²) < 4.78 is 22.4. The van der Waals surface area contributed by atoms with Crippen LogP contribution in [0.4, 0.5) is 5.69 Å². The van der Waals surface area contributed by atoms with E-state index >= 15 is 0 Å². The molecule has 1 N–H and O–H groups in total. The van der Waals surface area contributed by atoms with Crippen molar-refractivity contribution in [2.75, 3.05) is 18.5 Å². The number of hydrogen-bond acceptors (Lipinski definition) is 6. The number of amides is 1. The topological polar surface area (TPSA) is 83.1 Å². The third-order valence-corrected chi connectivity index (χ3v) is 5.24. The Morgan fingerprint density at radius 2 is 1.77 bits per heavy atom. The molecule has 1 saturated carbocycles. The van der Waals surface area contributed by atoms with E-state index in [0.29, 0.717) is 22.9 Å². The lowest BCUT2D eigenvalue weighted by Crippen LogP contribution is -2.34. The molecule has 1 fully saturated rings. The van der Waals surface area contributed by atoms with Crippen LogP contribution in [0.2, 0.25) is 0 Å². The van der Waals surface area contributed by atoms with Crippen molar-refractivity contribution in [1.29, 1.82) is 0 Å². The number of anilines is 1. The number of aryl methyl sites for hydroxylation is 2. The Kier molecular flexibility index (Phi) is 5.53. The molecule has 2 aromatic carbocycles. The van der Waals surface area contributed by atoms with E-state index < -0.39 is 24.3 Å². The largest absolute Gasteiger partial charge is 0.482 e. The Morgan fingerprint density at radius 3 is 2.57 bits per heavy atom. The standard InChI is InChI=1S/C23H25NO6/c1-15-5-6-16(2)19(11-15)27-14-22(26)28-13-21(25)24-17-7-8-18-20(12-17)30-23(29-18)9-3-4-10-23/h5-8,11-12H,3-4,9-10,13-14H2,1-2H3,(H,24,25). The molecule has 2 aromatic rings. The Balaban J connectivity index is 1.24. The second-order valence-electron chi connectivity index (χ2n) is 7.75. The number of fused-ring (bicyclic) bond motifs is 1. The van der Waals surface area contributed by atoms with Crippen molar-refractivity contribution in [3.8, 4) is 17.2 Å². The molecule has 1 spiro atoms. The number of ether oxygens (including phenoxy) is 4. The minimum Gasteiger partial charge on any atom is -0.482 e. The maximum absolute atomic E-state index is 12.1. The summed E-state index contributed by atoms with van der Waals surface area (Å²) in [7, 11) is 0. The van der Waals surface area contributed by atoms with Crippen LogP contribution in [-0.4, -0.2) is 30.9 Å². The molecule has 0 unspecified atom stereocenters. The van der Waals surface area contributed by atoms with Gasteiger partial charge in [0.25, 0.3) is 11.7 Å². The molecule has 4 rings (SSSR count). The van der Waals surface area contributed by atoms with Crippen LogP contribution in [0.1, 0.15) is 36.8 Å². The maximum atomic E-state index is 12.1. The summed E-state index contributed by atoms with van der Waals surface area (Å²) in [6, 6.07) is 11.0. The summed E-state index contributed by atoms with van der Waals surface area (Å²) in [5.41, 5.74) is 2.51. The second kappa shape index (κ2) is 8.26. The Labute approximate surface area is 175 Å². The third-order valence-electron chi connectivity index (χ3n) is 5.24. The van der Waals surface area contributed by atoms with Crippen LogP contribution in [0.3, 0.4) is 0 Å². The lowest BCUT2D eigenvalue weighted by Gasteiger charge is -2.21. The molecule has 2 aliphatic rings. The summed E-state index contributed by atoms with van der Waals surface area (Å²) in [6.07, 6.45) is 3.89. The van der Waals surface area contributed by atoms with Gasteiger partial charge in [0.15, 0.2) is 24.7 Å². The molecule has 1 amide bonds. The second-order valence-corrected chi connectivity index (χ2v) is 7.75. The van der Waals surface area contributed by atoms with Crippen LogP contribution >= 0.6 is 0 Å². The Hall–Kier alpha value is -3.22. The van der Waals surface area contributed by atoms with E-state index in [4.69, 9.17) is 18.9 Å². The van der Waals surface area contributed by atoms with Gasteiger partial charge in [-0.1, -0.05) is 12.1 Å². The van der Waals surface area contributed by atoms with Crippen molar-refractivity contribution < 1.29 is 28.5 Å². The molecule has 158 valence electrons. The molecule has 0 aromatic heterocycles. The molecular weight excluding hydrogens is 386 g/mol. The fourth-order valence-corrected chi connectivity index (χ4v) is 3.67. The number of benzene rings is 2. The van der Waals surface area contributed by atoms with E-state index in [2.05, 4.69) is 5.32 Å². The molecule has 7 heteroatoms. The molecule has 0 bridgehead atoms. The minimum absolute atomic E-state index is 0.260. The average Bonchev–Trinajstić information content (AvgIpc) is 3.32. The first-order chi connectivity index (χ1) is 14.4. The molecule has 0 radical (unpaired) electrons. The van der Waals surface area contributed by atoms with Gasteiger partial charge in [0.1, 0.15) is 5.75 Å². The van der Waals surface area contributed by atoms with Crippen molar-refractivity contribution in [3.63, 3.8) is 0 Å². The molecule has 7 nitrogen and oxygen atoms in total. The zero-order valence-corrected chi connectivity index (χ0v) is 17.2. The zero-order valence-electron chi connectivity index (χ0n) is 17.2. The maximum Gasteiger partial charge on any atom is 0.344 e. The van der Waals surface area contributed by atoms with Crippen LogP contribution in [0.25, 0.3) is 0 Å². The third kappa shape index (κ3) is 4.50. The minimum atomic E-state index is -0.611. The number of carbonyl (C=O) groups is 2. The van der Waals surface area contributed by atoms with E-state index in [1.165, 1.54) is 0 Å². The Bertz CT molecular complexity index is 964. The first kappa shape index (κ1) is 20.1. The summed E-state index contributed by atoms with van der Waals surface area (Å²) >= 11 is 0. The lowest BCUT2D eigenvalue weighted by atomic mass is 10.1. The predicted molar refractivity (Wildman–Crippen MR) is 110 cm³/mol. The highest BCUT2D eigenvalue weighted by Crippen LogP contribution is 2.47. The fourth-order valence-electron chi connectivity index (χ4n) is 3.67. The molecular formula is C23H25NO6. The summed E-state index contributed by atoms with van der Waals surface area (Å²) in [6.45, 7) is 3.18. The molecule has 30 heavy (non-hydrogen) atoms. The van der Waals surface area contributed by atoms with Crippen LogP contribution in [0.5, 0.6) is 17.2 Å². The highest BCUT2D eigenvalue weighted by atomic mass is 16.7. The van der Waals surface area contributed by atoms with Crippen molar-refractivity contribution in [2.45, 2.75) is 45.3 Å². The number of rotatable bonds is 6. The van der Waals surface area contributed by atoms with Crippen LogP contribution in [-0.2, 0) is 14.3 Å². The van der Waals surface area contributed by atoms with Gasteiger partial charge in [0.2, 0.25) is 0 Å². The summed E-state index contributed by atoms with van der Waals surface area (Å²) in [5.74, 6) is 0.329. The molecule has 1 aliphatic heterocycles. The summed E-state index contributed by atoms with van der Waals surface area (Å²) in [5, 5.41) is 2.70. The van der Waals surface area contributed by atoms with E-state index in [0.717, 1.165) is 36.8 Å². The Morgan fingerprint density at radius 1 is 1.00 bits per heavy atom. The van der Waals surface area contributed by atoms with Gasteiger partial charge in [-0.05, 0) is 56.0 Å². The molecule has 0 saturated heterocycles. The highest BCUT2D eigenvalue weighted by molar-refractivity contribution is 5.93. The van der Waals surface area contributed by atoms with Crippen LogP contribution < -0.4 is 19.5 Å². The van der Waals surface area contributed by atoms with Crippen LogP contribution in [0.15, 0.2) is 36.4 Å². The molecule has 1 heterocycles. The monoisotopic (exact) mass is 411 g/mol. The number of hydrogen-bond donors (Lipinski definition) is 1.